The first-order valence-electron chi connectivity index (χ1n) is 7.12. The molecule has 0 saturated carbocycles. The molecule has 0 amide bonds. The summed E-state index contributed by atoms with van der Waals surface area (Å²) < 4.78 is 1.26. The average Bonchev–Trinajstić information content (AvgIpc) is 3.01. The Labute approximate surface area is 142 Å². The number of fused-ring (bicyclic) bond motifs is 1. The smallest absolute Gasteiger partial charge is 0.227 e. The van der Waals surface area contributed by atoms with Crippen LogP contribution in [0.2, 0.25) is 5.02 Å². The third kappa shape index (κ3) is 3.04. The van der Waals surface area contributed by atoms with Gasteiger partial charge in [-0.1, -0.05) is 29.8 Å². The average molecular weight is 338 g/mol. The molecule has 2 aromatic carbocycles. The molecule has 0 aliphatic carbocycles. The summed E-state index contributed by atoms with van der Waals surface area (Å²) in [7, 11) is 0. The van der Waals surface area contributed by atoms with Crippen LogP contribution in [0.25, 0.3) is 20.7 Å². The number of rotatable bonds is 3. The summed E-state index contributed by atoms with van der Waals surface area (Å²) in [5.41, 5.74) is 1.82. The molecule has 0 unspecified atom stereocenters. The largest absolute Gasteiger partial charge is 0.324 e. The van der Waals surface area contributed by atoms with E-state index < -0.39 is 0 Å². The summed E-state index contributed by atoms with van der Waals surface area (Å²) in [4.78, 5) is 10.0. The fourth-order valence-electron chi connectivity index (χ4n) is 2.33. The fraction of sp³-hybridized carbons (Fsp3) is 0. The molecule has 1 N–H and O–H groups in total. The molecule has 23 heavy (non-hydrogen) atoms. The summed E-state index contributed by atoms with van der Waals surface area (Å²) >= 11 is 7.63. The van der Waals surface area contributed by atoms with E-state index in [1.54, 1.807) is 17.5 Å². The molecule has 0 atom stereocenters. The van der Waals surface area contributed by atoms with Crippen LogP contribution in [0.4, 0.5) is 11.6 Å². The maximum Gasteiger partial charge on any atom is 0.227 e. The van der Waals surface area contributed by atoms with Gasteiger partial charge in [0, 0.05) is 21.6 Å². The third-order valence-corrected chi connectivity index (χ3v) is 4.82. The third-order valence-electron chi connectivity index (χ3n) is 3.43. The van der Waals surface area contributed by atoms with Gasteiger partial charge in [-0.25, -0.2) is 9.97 Å². The van der Waals surface area contributed by atoms with E-state index in [4.69, 9.17) is 11.6 Å². The highest BCUT2D eigenvalue weighted by Crippen LogP contribution is 2.32. The first kappa shape index (κ1) is 14.2. The highest BCUT2D eigenvalue weighted by molar-refractivity contribution is 7.22. The van der Waals surface area contributed by atoms with Crippen molar-refractivity contribution in [3.05, 3.63) is 71.9 Å². The minimum atomic E-state index is 0.572. The molecule has 0 aliphatic heterocycles. The highest BCUT2D eigenvalue weighted by Gasteiger charge is 2.07. The number of nitrogens with zero attached hydrogens (tertiary/aromatic N) is 2. The molecule has 0 radical (unpaired) electrons. The molecule has 0 bridgehead atoms. The Morgan fingerprint density at radius 1 is 0.957 bits per heavy atom. The number of aromatic nitrogens is 2. The maximum atomic E-state index is 5.90. The predicted molar refractivity (Wildman–Crippen MR) is 97.6 cm³/mol. The van der Waals surface area contributed by atoms with E-state index in [-0.39, 0.29) is 0 Å². The normalized spacial score (nSPS) is 10.8. The van der Waals surface area contributed by atoms with Crippen LogP contribution in [0, 0.1) is 0 Å². The van der Waals surface area contributed by atoms with Crippen LogP contribution in [0.5, 0.6) is 0 Å². The lowest BCUT2D eigenvalue weighted by molar-refractivity contribution is 1.17. The highest BCUT2D eigenvalue weighted by atomic mass is 35.5. The van der Waals surface area contributed by atoms with Gasteiger partial charge in [-0.2, -0.15) is 0 Å². The molecule has 4 rings (SSSR count). The van der Waals surface area contributed by atoms with E-state index in [0.717, 1.165) is 16.3 Å². The van der Waals surface area contributed by atoms with Crippen molar-refractivity contribution < 1.29 is 0 Å². The van der Waals surface area contributed by atoms with Gasteiger partial charge in [0.05, 0.1) is 10.6 Å². The first-order valence-corrected chi connectivity index (χ1v) is 8.32. The molecule has 5 heteroatoms. The van der Waals surface area contributed by atoms with Gasteiger partial charge in [0.25, 0.3) is 0 Å². The standard InChI is InChI=1S/C18H12ClN3S/c19-13-5-7-14(8-6-13)21-18-20-10-9-15(22-18)17-11-12-3-1-2-4-16(12)23-17/h1-11H,(H,20,21,22). The van der Waals surface area contributed by atoms with E-state index in [0.29, 0.717) is 11.0 Å². The number of hydrogen-bond acceptors (Lipinski definition) is 4. The number of nitrogens with one attached hydrogen (secondary N) is 1. The van der Waals surface area contributed by atoms with Crippen molar-refractivity contribution >= 4 is 44.7 Å². The van der Waals surface area contributed by atoms with Crippen molar-refractivity contribution in [2.45, 2.75) is 0 Å². The molecule has 0 spiro atoms. The Morgan fingerprint density at radius 2 is 1.78 bits per heavy atom. The molecule has 3 nitrogen and oxygen atoms in total. The van der Waals surface area contributed by atoms with Gasteiger partial charge >= 0.3 is 0 Å². The van der Waals surface area contributed by atoms with Crippen LogP contribution in [0.3, 0.4) is 0 Å². The topological polar surface area (TPSA) is 37.8 Å². The van der Waals surface area contributed by atoms with Crippen LogP contribution in [-0.2, 0) is 0 Å². The maximum absolute atomic E-state index is 5.90. The van der Waals surface area contributed by atoms with Gasteiger partial charge < -0.3 is 5.32 Å². The lowest BCUT2D eigenvalue weighted by Crippen LogP contribution is -1.97. The van der Waals surface area contributed by atoms with E-state index in [1.165, 1.54) is 10.1 Å². The molecule has 112 valence electrons. The molecule has 2 aromatic heterocycles. The lowest BCUT2D eigenvalue weighted by atomic mass is 10.2. The predicted octanol–water partition coefficient (Wildman–Crippen LogP) is 5.76. The van der Waals surface area contributed by atoms with E-state index in [1.807, 2.05) is 36.4 Å². The van der Waals surface area contributed by atoms with E-state index in [9.17, 15) is 0 Å². The number of hydrogen-bond donors (Lipinski definition) is 1. The second-order valence-electron chi connectivity index (χ2n) is 5.05. The number of benzene rings is 2. The van der Waals surface area contributed by atoms with Crippen molar-refractivity contribution in [3.63, 3.8) is 0 Å². The minimum absolute atomic E-state index is 0.572. The Kier molecular flexibility index (Phi) is 3.69. The van der Waals surface area contributed by atoms with Crippen LogP contribution in [0.15, 0.2) is 66.9 Å². The zero-order valence-electron chi connectivity index (χ0n) is 12.0. The zero-order valence-corrected chi connectivity index (χ0v) is 13.6. The molecular formula is C18H12ClN3S. The Bertz CT molecular complexity index is 930. The summed E-state index contributed by atoms with van der Waals surface area (Å²) in [5.74, 6) is 0.572. The summed E-state index contributed by atoms with van der Waals surface area (Å²) in [6.45, 7) is 0. The van der Waals surface area contributed by atoms with Crippen molar-refractivity contribution in [3.8, 4) is 10.6 Å². The second-order valence-corrected chi connectivity index (χ2v) is 6.57. The van der Waals surface area contributed by atoms with Gasteiger partial charge in [-0.3, -0.25) is 0 Å². The molecule has 0 saturated heterocycles. The molecule has 4 aromatic rings. The van der Waals surface area contributed by atoms with Crippen molar-refractivity contribution in [1.29, 1.82) is 0 Å². The summed E-state index contributed by atoms with van der Waals surface area (Å²) in [6, 6.07) is 19.9. The lowest BCUT2D eigenvalue weighted by Gasteiger charge is -2.05. The monoisotopic (exact) mass is 337 g/mol. The Morgan fingerprint density at radius 3 is 2.61 bits per heavy atom. The van der Waals surface area contributed by atoms with Crippen molar-refractivity contribution in [1.82, 2.24) is 9.97 Å². The van der Waals surface area contributed by atoms with Gasteiger partial charge in [0.15, 0.2) is 0 Å². The number of halogens is 1. The molecule has 0 fully saturated rings. The number of anilines is 2. The SMILES string of the molecule is Clc1ccc(Nc2nccc(-c3cc4ccccc4s3)n2)cc1. The van der Waals surface area contributed by atoms with Gasteiger partial charge in [0.1, 0.15) is 0 Å². The Hall–Kier alpha value is -2.43. The Balaban J connectivity index is 1.66. The minimum Gasteiger partial charge on any atom is -0.324 e. The van der Waals surface area contributed by atoms with Gasteiger partial charge in [-0.05, 0) is 47.9 Å². The zero-order chi connectivity index (χ0) is 15.6. The van der Waals surface area contributed by atoms with Crippen LogP contribution >= 0.6 is 22.9 Å². The van der Waals surface area contributed by atoms with Crippen molar-refractivity contribution in [2.24, 2.45) is 0 Å². The summed E-state index contributed by atoms with van der Waals surface area (Å²) in [6.07, 6.45) is 1.77. The second kappa shape index (κ2) is 5.99. The van der Waals surface area contributed by atoms with Crippen LogP contribution in [0.1, 0.15) is 0 Å². The van der Waals surface area contributed by atoms with Crippen LogP contribution < -0.4 is 5.32 Å². The van der Waals surface area contributed by atoms with E-state index in [2.05, 4.69) is 39.6 Å². The van der Waals surface area contributed by atoms with Gasteiger partial charge in [0.2, 0.25) is 5.95 Å². The van der Waals surface area contributed by atoms with Crippen LogP contribution in [-0.4, -0.2) is 9.97 Å². The van der Waals surface area contributed by atoms with Crippen molar-refractivity contribution in [2.75, 3.05) is 5.32 Å². The quantitative estimate of drug-likeness (QED) is 0.516. The molecular weight excluding hydrogens is 326 g/mol. The molecule has 2 heterocycles. The fourth-order valence-corrected chi connectivity index (χ4v) is 3.49. The first-order chi connectivity index (χ1) is 11.3. The van der Waals surface area contributed by atoms with Gasteiger partial charge in [-0.15, -0.1) is 11.3 Å². The summed E-state index contributed by atoms with van der Waals surface area (Å²) in [5, 5.41) is 5.14. The number of thiophene rings is 1. The molecule has 0 aliphatic rings. The van der Waals surface area contributed by atoms with E-state index >= 15 is 0 Å².